The second kappa shape index (κ2) is 6.10. The number of esters is 1. The molecule has 20 heavy (non-hydrogen) atoms. The first-order valence-electron chi connectivity index (χ1n) is 6.39. The third-order valence-electron chi connectivity index (χ3n) is 2.94. The zero-order chi connectivity index (χ0) is 14.5. The number of ether oxygens (including phenoxy) is 1. The van der Waals surface area contributed by atoms with Gasteiger partial charge in [-0.1, -0.05) is 0 Å². The Morgan fingerprint density at radius 3 is 2.90 bits per heavy atom. The second-order valence-corrected chi connectivity index (χ2v) is 4.32. The van der Waals surface area contributed by atoms with Crippen molar-refractivity contribution in [2.75, 3.05) is 17.7 Å². The molecule has 0 saturated carbocycles. The minimum absolute atomic E-state index is 0.324. The van der Waals surface area contributed by atoms with Gasteiger partial charge in [-0.2, -0.15) is 5.10 Å². The Balaban J connectivity index is 2.11. The Morgan fingerprint density at radius 1 is 1.45 bits per heavy atom. The van der Waals surface area contributed by atoms with Gasteiger partial charge in [0.25, 0.3) is 0 Å². The van der Waals surface area contributed by atoms with Crippen LogP contribution in [0.3, 0.4) is 0 Å². The van der Waals surface area contributed by atoms with Crippen LogP contribution in [0.5, 0.6) is 0 Å². The SMILES string of the molecule is CCOC(=O)c1cc(NCc2ccnn2C)ccc1N. The van der Waals surface area contributed by atoms with Crippen LogP contribution >= 0.6 is 0 Å². The van der Waals surface area contributed by atoms with Crippen LogP contribution in [0.25, 0.3) is 0 Å². The summed E-state index contributed by atoms with van der Waals surface area (Å²) in [7, 11) is 1.88. The van der Waals surface area contributed by atoms with Crippen LogP contribution in [-0.2, 0) is 18.3 Å². The van der Waals surface area contributed by atoms with E-state index in [4.69, 9.17) is 10.5 Å². The lowest BCUT2D eigenvalue weighted by Gasteiger charge is -2.10. The first kappa shape index (κ1) is 13.9. The molecule has 0 spiro atoms. The lowest BCUT2D eigenvalue weighted by Crippen LogP contribution is -2.10. The highest BCUT2D eigenvalue weighted by molar-refractivity contribution is 5.96. The molecule has 0 aliphatic carbocycles. The van der Waals surface area contributed by atoms with Crippen LogP contribution < -0.4 is 11.1 Å². The van der Waals surface area contributed by atoms with E-state index in [1.165, 1.54) is 0 Å². The molecular weight excluding hydrogens is 256 g/mol. The van der Waals surface area contributed by atoms with Crippen molar-refractivity contribution < 1.29 is 9.53 Å². The molecular formula is C14H18N4O2. The van der Waals surface area contributed by atoms with Gasteiger partial charge in [0.15, 0.2) is 0 Å². The lowest BCUT2D eigenvalue weighted by molar-refractivity contribution is 0.0527. The molecule has 0 bridgehead atoms. The fourth-order valence-corrected chi connectivity index (χ4v) is 1.82. The minimum atomic E-state index is -0.408. The number of nitrogens with zero attached hydrogens (tertiary/aromatic N) is 2. The van der Waals surface area contributed by atoms with Crippen LogP contribution in [0.1, 0.15) is 23.0 Å². The number of nitrogens with two attached hydrogens (primary N) is 1. The van der Waals surface area contributed by atoms with E-state index in [1.54, 1.807) is 29.9 Å². The third-order valence-corrected chi connectivity index (χ3v) is 2.94. The number of rotatable bonds is 5. The van der Waals surface area contributed by atoms with Crippen molar-refractivity contribution in [3.8, 4) is 0 Å². The second-order valence-electron chi connectivity index (χ2n) is 4.32. The van der Waals surface area contributed by atoms with Gasteiger partial charge in [-0.05, 0) is 31.2 Å². The number of nitrogen functional groups attached to an aromatic ring is 1. The van der Waals surface area contributed by atoms with Crippen LogP contribution in [0.15, 0.2) is 30.5 Å². The maximum atomic E-state index is 11.8. The molecule has 0 amide bonds. The molecule has 1 aromatic carbocycles. The number of hydrogen-bond acceptors (Lipinski definition) is 5. The summed E-state index contributed by atoms with van der Waals surface area (Å²) in [6.45, 7) is 2.70. The lowest BCUT2D eigenvalue weighted by atomic mass is 10.1. The Labute approximate surface area is 117 Å². The molecule has 0 aliphatic heterocycles. The summed E-state index contributed by atoms with van der Waals surface area (Å²) in [5, 5.41) is 7.32. The fourth-order valence-electron chi connectivity index (χ4n) is 1.82. The van der Waals surface area contributed by atoms with Gasteiger partial charge < -0.3 is 15.8 Å². The van der Waals surface area contributed by atoms with Crippen LogP contribution in [0.2, 0.25) is 0 Å². The maximum Gasteiger partial charge on any atom is 0.340 e. The molecule has 3 N–H and O–H groups in total. The van der Waals surface area contributed by atoms with Gasteiger partial charge >= 0.3 is 5.97 Å². The summed E-state index contributed by atoms with van der Waals surface area (Å²) in [5.41, 5.74) is 8.43. The van der Waals surface area contributed by atoms with E-state index in [2.05, 4.69) is 10.4 Å². The fraction of sp³-hybridized carbons (Fsp3) is 0.286. The van der Waals surface area contributed by atoms with Gasteiger partial charge in [0, 0.05) is 24.6 Å². The first-order chi connectivity index (χ1) is 9.61. The summed E-state index contributed by atoms with van der Waals surface area (Å²) >= 11 is 0. The number of nitrogens with one attached hydrogen (secondary N) is 1. The predicted molar refractivity (Wildman–Crippen MR) is 77.3 cm³/mol. The number of carbonyl (C=O) groups is 1. The summed E-state index contributed by atoms with van der Waals surface area (Å²) in [5.74, 6) is -0.408. The molecule has 0 aliphatic rings. The van der Waals surface area contributed by atoms with Gasteiger partial charge in [-0.15, -0.1) is 0 Å². The van der Waals surface area contributed by atoms with Crippen molar-refractivity contribution in [3.63, 3.8) is 0 Å². The average Bonchev–Trinajstić information content (AvgIpc) is 2.83. The molecule has 1 heterocycles. The highest BCUT2D eigenvalue weighted by atomic mass is 16.5. The number of benzene rings is 1. The van der Waals surface area contributed by atoms with Crippen molar-refractivity contribution in [3.05, 3.63) is 41.7 Å². The third kappa shape index (κ3) is 3.09. The highest BCUT2D eigenvalue weighted by Gasteiger charge is 2.11. The van der Waals surface area contributed by atoms with Crippen molar-refractivity contribution in [2.24, 2.45) is 7.05 Å². The largest absolute Gasteiger partial charge is 0.462 e. The molecule has 106 valence electrons. The number of hydrogen-bond donors (Lipinski definition) is 2. The number of carbonyl (C=O) groups excluding carboxylic acids is 1. The number of anilines is 2. The predicted octanol–water partition coefficient (Wildman–Crippen LogP) is 1.79. The molecule has 0 radical (unpaired) electrons. The van der Waals surface area contributed by atoms with Crippen LogP contribution in [0.4, 0.5) is 11.4 Å². The van der Waals surface area contributed by atoms with Gasteiger partial charge in [-0.3, -0.25) is 4.68 Å². The first-order valence-corrected chi connectivity index (χ1v) is 6.39. The Morgan fingerprint density at radius 2 is 2.25 bits per heavy atom. The average molecular weight is 274 g/mol. The Bertz CT molecular complexity index is 607. The summed E-state index contributed by atoms with van der Waals surface area (Å²) in [6.07, 6.45) is 1.74. The molecule has 0 unspecified atom stereocenters. The highest BCUT2D eigenvalue weighted by Crippen LogP contribution is 2.19. The van der Waals surface area contributed by atoms with E-state index in [1.807, 2.05) is 19.2 Å². The molecule has 2 aromatic rings. The van der Waals surface area contributed by atoms with E-state index in [-0.39, 0.29) is 0 Å². The summed E-state index contributed by atoms with van der Waals surface area (Å²) in [4.78, 5) is 11.8. The zero-order valence-corrected chi connectivity index (χ0v) is 11.6. The normalized spacial score (nSPS) is 10.3. The smallest absolute Gasteiger partial charge is 0.340 e. The van der Waals surface area contributed by atoms with Gasteiger partial charge in [-0.25, -0.2) is 4.79 Å². The molecule has 6 heteroatoms. The van der Waals surface area contributed by atoms with Crippen LogP contribution in [-0.4, -0.2) is 22.4 Å². The zero-order valence-electron chi connectivity index (χ0n) is 11.6. The number of aromatic nitrogens is 2. The number of aryl methyl sites for hydroxylation is 1. The monoisotopic (exact) mass is 274 g/mol. The van der Waals surface area contributed by atoms with Crippen molar-refractivity contribution in [1.82, 2.24) is 9.78 Å². The summed E-state index contributed by atoms with van der Waals surface area (Å²) in [6, 6.07) is 7.15. The molecule has 6 nitrogen and oxygen atoms in total. The Hall–Kier alpha value is -2.50. The topological polar surface area (TPSA) is 82.2 Å². The van der Waals surface area contributed by atoms with E-state index in [9.17, 15) is 4.79 Å². The van der Waals surface area contributed by atoms with E-state index < -0.39 is 5.97 Å². The van der Waals surface area contributed by atoms with Crippen molar-refractivity contribution in [2.45, 2.75) is 13.5 Å². The standard InChI is InChI=1S/C14H18N4O2/c1-3-20-14(19)12-8-10(4-5-13(12)15)16-9-11-6-7-17-18(11)2/h4-8,16H,3,9,15H2,1-2H3. The summed E-state index contributed by atoms with van der Waals surface area (Å²) < 4.78 is 6.76. The van der Waals surface area contributed by atoms with Gasteiger partial charge in [0.2, 0.25) is 0 Å². The van der Waals surface area contributed by atoms with Crippen molar-refractivity contribution >= 4 is 17.3 Å². The molecule has 0 fully saturated rings. The van der Waals surface area contributed by atoms with Crippen LogP contribution in [0, 0.1) is 0 Å². The molecule has 0 saturated heterocycles. The van der Waals surface area contributed by atoms with E-state index in [0.717, 1.165) is 11.4 Å². The van der Waals surface area contributed by atoms with Gasteiger partial charge in [0.1, 0.15) is 0 Å². The Kier molecular flexibility index (Phi) is 4.24. The van der Waals surface area contributed by atoms with Crippen molar-refractivity contribution in [1.29, 1.82) is 0 Å². The maximum absolute atomic E-state index is 11.8. The quantitative estimate of drug-likeness (QED) is 0.641. The van der Waals surface area contributed by atoms with Gasteiger partial charge in [0.05, 0.1) is 24.4 Å². The van der Waals surface area contributed by atoms with E-state index in [0.29, 0.717) is 24.4 Å². The molecule has 2 rings (SSSR count). The van der Waals surface area contributed by atoms with E-state index >= 15 is 0 Å². The minimum Gasteiger partial charge on any atom is -0.462 e. The molecule has 0 atom stereocenters. The molecule has 1 aromatic heterocycles.